The van der Waals surface area contributed by atoms with Crippen molar-refractivity contribution in [2.45, 2.75) is 13.0 Å². The molecule has 0 saturated carbocycles. The summed E-state index contributed by atoms with van der Waals surface area (Å²) in [6.45, 7) is 0.197. The molecule has 1 aromatic carbocycles. The molecule has 0 amide bonds. The van der Waals surface area contributed by atoms with Crippen LogP contribution in [0.1, 0.15) is 11.1 Å². The predicted molar refractivity (Wildman–Crippen MR) is 70.3 cm³/mol. The van der Waals surface area contributed by atoms with Gasteiger partial charge >= 0.3 is 0 Å². The number of hydrogen-bond acceptors (Lipinski definition) is 6. The third-order valence-electron chi connectivity index (χ3n) is 2.84. The summed E-state index contributed by atoms with van der Waals surface area (Å²) in [6.07, 6.45) is 0.939. The van der Waals surface area contributed by atoms with E-state index in [9.17, 15) is 4.79 Å². The number of carbonyl (C=O) groups is 1. The number of rotatable bonds is 7. The second-order valence-electron chi connectivity index (χ2n) is 3.67. The van der Waals surface area contributed by atoms with Crippen molar-refractivity contribution >= 4 is 6.29 Å². The summed E-state index contributed by atoms with van der Waals surface area (Å²) in [5.41, 5.74) is 7.07. The van der Waals surface area contributed by atoms with Crippen LogP contribution in [0.5, 0.6) is 23.0 Å². The van der Waals surface area contributed by atoms with E-state index >= 15 is 0 Å². The quantitative estimate of drug-likeness (QED) is 0.741. The molecule has 0 atom stereocenters. The van der Waals surface area contributed by atoms with E-state index in [1.807, 2.05) is 0 Å². The molecule has 0 fully saturated rings. The molecule has 19 heavy (non-hydrogen) atoms. The molecule has 0 aliphatic rings. The Kier molecular flexibility index (Phi) is 5.44. The lowest BCUT2D eigenvalue weighted by Crippen LogP contribution is -2.10. The van der Waals surface area contributed by atoms with Gasteiger partial charge in [0.1, 0.15) is 6.29 Å². The van der Waals surface area contributed by atoms with E-state index in [1.165, 1.54) is 28.4 Å². The number of nitrogens with two attached hydrogens (primary N) is 1. The van der Waals surface area contributed by atoms with E-state index in [2.05, 4.69) is 0 Å². The van der Waals surface area contributed by atoms with Crippen molar-refractivity contribution in [1.29, 1.82) is 0 Å². The van der Waals surface area contributed by atoms with Crippen LogP contribution in [0.25, 0.3) is 0 Å². The van der Waals surface area contributed by atoms with E-state index in [4.69, 9.17) is 24.7 Å². The van der Waals surface area contributed by atoms with Crippen molar-refractivity contribution in [3.8, 4) is 23.0 Å². The van der Waals surface area contributed by atoms with Gasteiger partial charge in [0.05, 0.1) is 28.4 Å². The van der Waals surface area contributed by atoms with Crippen molar-refractivity contribution in [2.24, 2.45) is 5.73 Å². The van der Waals surface area contributed by atoms with E-state index < -0.39 is 0 Å². The summed E-state index contributed by atoms with van der Waals surface area (Å²) in [4.78, 5) is 10.9. The maximum Gasteiger partial charge on any atom is 0.207 e. The average Bonchev–Trinajstić information content (AvgIpc) is 2.45. The molecule has 6 nitrogen and oxygen atoms in total. The van der Waals surface area contributed by atoms with Crippen LogP contribution in [0.2, 0.25) is 0 Å². The van der Waals surface area contributed by atoms with Crippen LogP contribution in [0, 0.1) is 0 Å². The molecule has 1 rings (SSSR count). The first-order valence-electron chi connectivity index (χ1n) is 5.71. The molecule has 1 aromatic rings. The number of ether oxygens (including phenoxy) is 4. The summed E-state index contributed by atoms with van der Waals surface area (Å²) in [5.74, 6) is 1.68. The van der Waals surface area contributed by atoms with Gasteiger partial charge in [-0.1, -0.05) is 0 Å². The van der Waals surface area contributed by atoms with Gasteiger partial charge in [0.25, 0.3) is 0 Å². The first kappa shape index (κ1) is 15.1. The zero-order valence-electron chi connectivity index (χ0n) is 11.6. The Balaban J connectivity index is 3.73. The molecule has 0 heterocycles. The molecule has 0 aliphatic carbocycles. The third-order valence-corrected chi connectivity index (χ3v) is 2.84. The van der Waals surface area contributed by atoms with Gasteiger partial charge in [-0.2, -0.15) is 0 Å². The summed E-state index contributed by atoms with van der Waals surface area (Å²) in [6, 6.07) is 0. The Morgan fingerprint density at radius 2 is 1.26 bits per heavy atom. The molecular weight excluding hydrogens is 250 g/mol. The van der Waals surface area contributed by atoms with Crippen LogP contribution in [0.4, 0.5) is 0 Å². The largest absolute Gasteiger partial charge is 0.492 e. The minimum absolute atomic E-state index is 0.159. The van der Waals surface area contributed by atoms with Crippen molar-refractivity contribution in [3.05, 3.63) is 11.1 Å². The van der Waals surface area contributed by atoms with E-state index in [0.717, 1.165) is 6.29 Å². The topological polar surface area (TPSA) is 80.0 Å². The van der Waals surface area contributed by atoms with Crippen LogP contribution in [-0.4, -0.2) is 34.7 Å². The smallest absolute Gasteiger partial charge is 0.207 e. The highest BCUT2D eigenvalue weighted by molar-refractivity contribution is 5.71. The number of methoxy groups -OCH3 is 4. The molecule has 0 aromatic heterocycles. The molecular formula is C13H19NO5. The van der Waals surface area contributed by atoms with Crippen molar-refractivity contribution < 1.29 is 23.7 Å². The second kappa shape index (κ2) is 6.84. The van der Waals surface area contributed by atoms with Crippen LogP contribution >= 0.6 is 0 Å². The summed E-state index contributed by atoms with van der Waals surface area (Å²) < 4.78 is 21.3. The van der Waals surface area contributed by atoms with Crippen LogP contribution in [-0.2, 0) is 17.8 Å². The van der Waals surface area contributed by atoms with Crippen LogP contribution in [0.3, 0.4) is 0 Å². The maximum atomic E-state index is 10.9. The highest BCUT2D eigenvalue weighted by Crippen LogP contribution is 2.49. The van der Waals surface area contributed by atoms with Gasteiger partial charge in [-0.05, 0) is 0 Å². The number of carbonyl (C=O) groups excluding carboxylic acids is 1. The molecule has 0 unspecified atom stereocenters. The first-order chi connectivity index (χ1) is 9.19. The van der Waals surface area contributed by atoms with E-state index in [-0.39, 0.29) is 13.0 Å². The Labute approximate surface area is 112 Å². The summed E-state index contributed by atoms with van der Waals surface area (Å²) in [5, 5.41) is 0. The lowest BCUT2D eigenvalue weighted by atomic mass is 10.0. The zero-order valence-corrected chi connectivity index (χ0v) is 11.6. The Morgan fingerprint density at radius 3 is 1.58 bits per heavy atom. The normalized spacial score (nSPS) is 9.95. The molecule has 0 bridgehead atoms. The molecule has 106 valence electrons. The van der Waals surface area contributed by atoms with Crippen LogP contribution in [0.15, 0.2) is 0 Å². The lowest BCUT2D eigenvalue weighted by Gasteiger charge is -2.21. The van der Waals surface area contributed by atoms with E-state index in [1.54, 1.807) is 0 Å². The highest BCUT2D eigenvalue weighted by Gasteiger charge is 2.26. The molecule has 6 heteroatoms. The molecule has 0 spiro atoms. The Morgan fingerprint density at radius 1 is 0.842 bits per heavy atom. The number of hydrogen-bond donors (Lipinski definition) is 1. The monoisotopic (exact) mass is 269 g/mol. The Hall–Kier alpha value is -1.95. The van der Waals surface area contributed by atoms with Gasteiger partial charge in [0.2, 0.25) is 11.5 Å². The van der Waals surface area contributed by atoms with Gasteiger partial charge in [-0.25, -0.2) is 0 Å². The van der Waals surface area contributed by atoms with Crippen molar-refractivity contribution in [3.63, 3.8) is 0 Å². The van der Waals surface area contributed by atoms with Gasteiger partial charge in [-0.3, -0.25) is 0 Å². The molecule has 2 N–H and O–H groups in total. The Bertz CT molecular complexity index is 426. The minimum atomic E-state index is 0.159. The van der Waals surface area contributed by atoms with Gasteiger partial charge in [0, 0.05) is 24.1 Å². The second-order valence-corrected chi connectivity index (χ2v) is 3.67. The maximum absolute atomic E-state index is 10.9. The third kappa shape index (κ3) is 2.58. The fourth-order valence-electron chi connectivity index (χ4n) is 2.07. The number of aldehydes is 1. The SMILES string of the molecule is COc1c(CN)c(CC=O)c(OC)c(OC)c1OC. The molecule has 0 radical (unpaired) electrons. The minimum Gasteiger partial charge on any atom is -0.492 e. The van der Waals surface area contributed by atoms with Gasteiger partial charge in [-0.15, -0.1) is 0 Å². The number of benzene rings is 1. The fraction of sp³-hybridized carbons (Fsp3) is 0.462. The average molecular weight is 269 g/mol. The fourth-order valence-corrected chi connectivity index (χ4v) is 2.07. The van der Waals surface area contributed by atoms with E-state index in [0.29, 0.717) is 34.1 Å². The van der Waals surface area contributed by atoms with Crippen LogP contribution < -0.4 is 24.7 Å². The lowest BCUT2D eigenvalue weighted by molar-refractivity contribution is -0.107. The van der Waals surface area contributed by atoms with Gasteiger partial charge in [0.15, 0.2) is 11.5 Å². The summed E-state index contributed by atoms with van der Waals surface area (Å²) >= 11 is 0. The first-order valence-corrected chi connectivity index (χ1v) is 5.71. The molecule has 0 aliphatic heterocycles. The van der Waals surface area contributed by atoms with Gasteiger partial charge < -0.3 is 29.5 Å². The highest BCUT2D eigenvalue weighted by atomic mass is 16.5. The summed E-state index contributed by atoms with van der Waals surface area (Å²) in [7, 11) is 6.00. The standard InChI is InChI=1S/C13H19NO5/c1-16-10-8(5-6-15)9(7-14)11(17-2)13(19-4)12(10)18-3/h6H,5,7,14H2,1-4H3. The zero-order chi connectivity index (χ0) is 14.4. The predicted octanol–water partition coefficient (Wildman–Crippen LogP) is 0.921. The van der Waals surface area contributed by atoms with Crippen molar-refractivity contribution in [1.82, 2.24) is 0 Å². The van der Waals surface area contributed by atoms with Crippen molar-refractivity contribution in [2.75, 3.05) is 28.4 Å². The molecule has 0 saturated heterocycles.